The van der Waals surface area contributed by atoms with Gasteiger partial charge in [0.2, 0.25) is 5.91 Å². The highest BCUT2D eigenvalue weighted by Crippen LogP contribution is 2.34. The van der Waals surface area contributed by atoms with Crippen LogP contribution in [-0.2, 0) is 25.7 Å². The molecule has 9 nitrogen and oxygen atoms in total. The van der Waals surface area contributed by atoms with Crippen LogP contribution in [0.25, 0.3) is 0 Å². The van der Waals surface area contributed by atoms with Crippen LogP contribution in [0.2, 0.25) is 0 Å². The maximum Gasteiger partial charge on any atom is 0.316 e. The minimum atomic E-state index is -0.698. The SMILES string of the molecule is CCOC(=O)CSC1=Nc2ccccc2C2=N[C@H](CCC(=O)NCc3ccc(OC)cc3)C(=O)N12. The van der Waals surface area contributed by atoms with Crippen LogP contribution in [0.4, 0.5) is 5.69 Å². The van der Waals surface area contributed by atoms with Gasteiger partial charge in [-0.1, -0.05) is 36.0 Å². The molecule has 1 atom stereocenters. The van der Waals surface area contributed by atoms with Crippen molar-refractivity contribution in [3.8, 4) is 5.75 Å². The molecule has 10 heteroatoms. The van der Waals surface area contributed by atoms with Crippen molar-refractivity contribution >= 4 is 46.2 Å². The van der Waals surface area contributed by atoms with Gasteiger partial charge in [0, 0.05) is 18.5 Å². The minimum absolute atomic E-state index is 0.0321. The monoisotopic (exact) mass is 494 g/mol. The molecular weight excluding hydrogens is 468 g/mol. The van der Waals surface area contributed by atoms with Gasteiger partial charge in [0.15, 0.2) is 5.17 Å². The fraction of sp³-hybridized carbons (Fsp3) is 0.320. The van der Waals surface area contributed by atoms with E-state index >= 15 is 0 Å². The Balaban J connectivity index is 1.40. The average Bonchev–Trinajstić information content (AvgIpc) is 3.21. The number of fused-ring (bicyclic) bond motifs is 3. The van der Waals surface area contributed by atoms with Crippen molar-refractivity contribution in [2.24, 2.45) is 9.98 Å². The molecule has 0 aromatic heterocycles. The molecule has 0 radical (unpaired) electrons. The molecular formula is C25H26N4O5S. The Hall–Kier alpha value is -3.66. The van der Waals surface area contributed by atoms with Crippen molar-refractivity contribution in [1.29, 1.82) is 0 Å². The molecule has 35 heavy (non-hydrogen) atoms. The van der Waals surface area contributed by atoms with Crippen LogP contribution in [0.3, 0.4) is 0 Å². The third-order valence-electron chi connectivity index (χ3n) is 5.47. The molecule has 2 amide bonds. The fourth-order valence-corrected chi connectivity index (χ4v) is 4.51. The molecule has 0 fully saturated rings. The number of hydrogen-bond donors (Lipinski definition) is 1. The normalized spacial score (nSPS) is 16.1. The molecule has 2 aliphatic rings. The summed E-state index contributed by atoms with van der Waals surface area (Å²) in [6.07, 6.45) is 0.423. The number of aliphatic imine (C=N–C) groups is 2. The predicted octanol–water partition coefficient (Wildman–Crippen LogP) is 3.05. The minimum Gasteiger partial charge on any atom is -0.497 e. The summed E-state index contributed by atoms with van der Waals surface area (Å²) < 4.78 is 10.1. The molecule has 0 saturated carbocycles. The molecule has 1 N–H and O–H groups in total. The first-order valence-corrected chi connectivity index (χ1v) is 12.3. The Morgan fingerprint density at radius 3 is 2.66 bits per heavy atom. The Morgan fingerprint density at radius 2 is 1.91 bits per heavy atom. The largest absolute Gasteiger partial charge is 0.497 e. The summed E-state index contributed by atoms with van der Waals surface area (Å²) in [5, 5.41) is 3.26. The topological polar surface area (TPSA) is 110 Å². The third kappa shape index (κ3) is 5.71. The zero-order valence-electron chi connectivity index (χ0n) is 19.5. The van der Waals surface area contributed by atoms with Crippen LogP contribution < -0.4 is 10.1 Å². The smallest absolute Gasteiger partial charge is 0.316 e. The van der Waals surface area contributed by atoms with Crippen molar-refractivity contribution < 1.29 is 23.9 Å². The van der Waals surface area contributed by atoms with Crippen LogP contribution in [-0.4, -0.2) is 59.2 Å². The maximum atomic E-state index is 13.2. The van der Waals surface area contributed by atoms with Gasteiger partial charge in [-0.2, -0.15) is 0 Å². The van der Waals surface area contributed by atoms with Crippen molar-refractivity contribution in [2.45, 2.75) is 32.4 Å². The van der Waals surface area contributed by atoms with E-state index in [9.17, 15) is 14.4 Å². The molecule has 0 aliphatic carbocycles. The number of benzene rings is 2. The summed E-state index contributed by atoms with van der Waals surface area (Å²) in [5.41, 5.74) is 2.37. The van der Waals surface area contributed by atoms with Gasteiger partial charge in [-0.15, -0.1) is 0 Å². The quantitative estimate of drug-likeness (QED) is 0.537. The molecule has 0 bridgehead atoms. The van der Waals surface area contributed by atoms with Crippen molar-refractivity contribution in [1.82, 2.24) is 10.2 Å². The van der Waals surface area contributed by atoms with Crippen LogP contribution >= 0.6 is 11.8 Å². The number of nitrogens with one attached hydrogen (secondary N) is 1. The van der Waals surface area contributed by atoms with E-state index < -0.39 is 6.04 Å². The number of rotatable bonds is 9. The lowest BCUT2D eigenvalue weighted by atomic mass is 10.1. The van der Waals surface area contributed by atoms with Crippen molar-refractivity contribution in [3.63, 3.8) is 0 Å². The fourth-order valence-electron chi connectivity index (χ4n) is 3.71. The number of amides is 2. The molecule has 0 spiro atoms. The van der Waals surface area contributed by atoms with Crippen molar-refractivity contribution in [3.05, 3.63) is 59.7 Å². The first-order chi connectivity index (χ1) is 17.0. The Bertz CT molecular complexity index is 1180. The van der Waals surface area contributed by atoms with Gasteiger partial charge < -0.3 is 14.8 Å². The molecule has 2 aliphatic heterocycles. The number of carbonyl (C=O) groups excluding carboxylic acids is 3. The zero-order valence-corrected chi connectivity index (χ0v) is 20.3. The number of ether oxygens (including phenoxy) is 2. The summed E-state index contributed by atoms with van der Waals surface area (Å²) in [4.78, 5) is 48.2. The van der Waals surface area contributed by atoms with E-state index in [0.717, 1.165) is 28.6 Å². The second-order valence-electron chi connectivity index (χ2n) is 7.81. The standard InChI is InChI=1S/C25H26N4O5S/c1-3-34-22(31)15-35-25-28-19-7-5-4-6-18(19)23-27-20(24(32)29(23)25)12-13-21(30)26-14-16-8-10-17(33-2)11-9-16/h4-11,20H,3,12-15H2,1-2H3,(H,26,30)/t20-/m1/s1. The van der Waals surface area contributed by atoms with Gasteiger partial charge in [-0.3, -0.25) is 19.4 Å². The highest BCUT2D eigenvalue weighted by Gasteiger charge is 2.41. The van der Waals surface area contributed by atoms with E-state index in [0.29, 0.717) is 23.2 Å². The van der Waals surface area contributed by atoms with Gasteiger partial charge in [-0.25, -0.2) is 9.89 Å². The lowest BCUT2D eigenvalue weighted by Gasteiger charge is -2.25. The number of amidine groups is 2. The first kappa shape index (κ1) is 24.5. The molecule has 2 aromatic rings. The number of carbonyl (C=O) groups is 3. The Labute approximate surface area is 207 Å². The summed E-state index contributed by atoms with van der Waals surface area (Å²) in [5.74, 6) is 0.479. The van der Waals surface area contributed by atoms with Gasteiger partial charge in [0.1, 0.15) is 17.6 Å². The number of methoxy groups -OCH3 is 1. The molecule has 182 valence electrons. The van der Waals surface area contributed by atoms with Gasteiger partial charge in [0.05, 0.1) is 25.2 Å². The summed E-state index contributed by atoms with van der Waals surface area (Å²) in [6.45, 7) is 2.41. The summed E-state index contributed by atoms with van der Waals surface area (Å²) in [7, 11) is 1.60. The van der Waals surface area contributed by atoms with E-state index in [1.165, 1.54) is 4.90 Å². The highest BCUT2D eigenvalue weighted by atomic mass is 32.2. The van der Waals surface area contributed by atoms with E-state index in [4.69, 9.17) is 9.47 Å². The second-order valence-corrected chi connectivity index (χ2v) is 8.75. The van der Waals surface area contributed by atoms with E-state index in [-0.39, 0.29) is 43.0 Å². The van der Waals surface area contributed by atoms with Crippen LogP contribution in [0, 0.1) is 0 Å². The van der Waals surface area contributed by atoms with Gasteiger partial charge >= 0.3 is 5.97 Å². The summed E-state index contributed by atoms with van der Waals surface area (Å²) in [6, 6.07) is 14.1. The number of hydrogen-bond acceptors (Lipinski definition) is 8. The Kier molecular flexibility index (Phi) is 7.81. The zero-order chi connectivity index (χ0) is 24.8. The number of para-hydroxylation sites is 1. The first-order valence-electron chi connectivity index (χ1n) is 11.3. The molecule has 0 saturated heterocycles. The third-order valence-corrected chi connectivity index (χ3v) is 6.38. The average molecular weight is 495 g/mol. The van der Waals surface area contributed by atoms with Crippen LogP contribution in [0.1, 0.15) is 30.9 Å². The van der Waals surface area contributed by atoms with Crippen LogP contribution in [0.5, 0.6) is 5.75 Å². The van der Waals surface area contributed by atoms with Crippen molar-refractivity contribution in [2.75, 3.05) is 19.5 Å². The number of esters is 1. The molecule has 2 heterocycles. The van der Waals surface area contributed by atoms with E-state index in [1.54, 1.807) is 14.0 Å². The van der Waals surface area contributed by atoms with Gasteiger partial charge in [-0.05, 0) is 43.2 Å². The molecule has 2 aromatic carbocycles. The second kappa shape index (κ2) is 11.2. The van der Waals surface area contributed by atoms with Gasteiger partial charge in [0.25, 0.3) is 5.91 Å². The number of thioether (sulfide) groups is 1. The van der Waals surface area contributed by atoms with Crippen LogP contribution in [0.15, 0.2) is 58.5 Å². The molecule has 0 unspecified atom stereocenters. The van der Waals surface area contributed by atoms with E-state index in [1.807, 2.05) is 48.5 Å². The highest BCUT2D eigenvalue weighted by molar-refractivity contribution is 8.14. The Morgan fingerprint density at radius 1 is 1.14 bits per heavy atom. The predicted molar refractivity (Wildman–Crippen MR) is 134 cm³/mol. The number of nitrogens with zero attached hydrogens (tertiary/aromatic N) is 3. The molecule has 4 rings (SSSR count). The maximum absolute atomic E-state index is 13.2. The lowest BCUT2D eigenvalue weighted by molar-refractivity contribution is -0.139. The summed E-state index contributed by atoms with van der Waals surface area (Å²) >= 11 is 1.14. The van der Waals surface area contributed by atoms with E-state index in [2.05, 4.69) is 15.3 Å². The lowest BCUT2D eigenvalue weighted by Crippen LogP contribution is -2.41.